The Labute approximate surface area is 159 Å². The van der Waals surface area contributed by atoms with Crippen LogP contribution in [-0.4, -0.2) is 26.3 Å². The molecule has 1 amide bonds. The molecule has 0 unspecified atom stereocenters. The number of para-hydroxylation sites is 1. The average Bonchev–Trinajstić information content (AvgIpc) is 3.10. The Morgan fingerprint density at radius 2 is 1.96 bits per heavy atom. The molecule has 0 saturated heterocycles. The number of amides is 1. The molecule has 0 aliphatic heterocycles. The number of carbonyl (C=O) groups is 1. The third-order valence-corrected chi connectivity index (χ3v) is 5.13. The number of aryl methyl sites for hydroxylation is 1. The van der Waals surface area contributed by atoms with Gasteiger partial charge in [0.2, 0.25) is 5.91 Å². The second kappa shape index (κ2) is 7.09. The van der Waals surface area contributed by atoms with E-state index in [9.17, 15) is 4.79 Å². The van der Waals surface area contributed by atoms with Crippen molar-refractivity contribution < 1.29 is 4.79 Å². The Morgan fingerprint density at radius 3 is 2.74 bits per heavy atom. The first-order valence-electron chi connectivity index (χ1n) is 8.32. The quantitative estimate of drug-likeness (QED) is 0.550. The van der Waals surface area contributed by atoms with Crippen molar-refractivity contribution >= 4 is 39.9 Å². The fraction of sp³-hybridized carbons (Fsp3) is 0.100. The van der Waals surface area contributed by atoms with Crippen LogP contribution in [0.25, 0.3) is 16.6 Å². The molecular weight excluding hydrogens is 358 g/mol. The van der Waals surface area contributed by atoms with Gasteiger partial charge in [0.05, 0.1) is 22.9 Å². The third-order valence-electron chi connectivity index (χ3n) is 4.20. The summed E-state index contributed by atoms with van der Waals surface area (Å²) in [6, 6.07) is 18.9. The SMILES string of the molecule is Cc1cc2nnc(SCC(=O)Nc3ccc(C#N)cc3)n2c2ccccc12. The van der Waals surface area contributed by atoms with Gasteiger partial charge in [-0.05, 0) is 48.9 Å². The number of nitrogens with zero attached hydrogens (tertiary/aromatic N) is 4. The molecule has 6 nitrogen and oxygen atoms in total. The van der Waals surface area contributed by atoms with E-state index in [4.69, 9.17) is 5.26 Å². The maximum atomic E-state index is 12.3. The largest absolute Gasteiger partial charge is 0.325 e. The predicted octanol–water partition coefficient (Wildman–Crippen LogP) is 3.79. The van der Waals surface area contributed by atoms with Crippen LogP contribution in [0.1, 0.15) is 11.1 Å². The van der Waals surface area contributed by atoms with Crippen molar-refractivity contribution in [2.24, 2.45) is 0 Å². The zero-order chi connectivity index (χ0) is 18.8. The van der Waals surface area contributed by atoms with Gasteiger partial charge in [-0.1, -0.05) is 30.0 Å². The van der Waals surface area contributed by atoms with Crippen LogP contribution in [0.2, 0.25) is 0 Å². The fourth-order valence-electron chi connectivity index (χ4n) is 2.92. The highest BCUT2D eigenvalue weighted by atomic mass is 32.2. The van der Waals surface area contributed by atoms with Crippen molar-refractivity contribution in [1.82, 2.24) is 14.6 Å². The zero-order valence-corrected chi connectivity index (χ0v) is 15.3. The van der Waals surface area contributed by atoms with Crippen LogP contribution >= 0.6 is 11.8 Å². The normalized spacial score (nSPS) is 10.8. The second-order valence-corrected chi connectivity index (χ2v) is 6.99. The van der Waals surface area contributed by atoms with Crippen LogP contribution in [-0.2, 0) is 4.79 Å². The van der Waals surface area contributed by atoms with Crippen LogP contribution in [0.15, 0.2) is 59.8 Å². The molecule has 7 heteroatoms. The third kappa shape index (κ3) is 3.35. The van der Waals surface area contributed by atoms with E-state index in [2.05, 4.69) is 34.6 Å². The van der Waals surface area contributed by atoms with Crippen molar-refractivity contribution in [3.63, 3.8) is 0 Å². The Hall–Kier alpha value is -3.37. The van der Waals surface area contributed by atoms with Crippen molar-refractivity contribution in [3.8, 4) is 6.07 Å². The van der Waals surface area contributed by atoms with E-state index in [1.54, 1.807) is 24.3 Å². The second-order valence-electron chi connectivity index (χ2n) is 6.05. The zero-order valence-electron chi connectivity index (χ0n) is 14.5. The van der Waals surface area contributed by atoms with E-state index in [1.165, 1.54) is 11.8 Å². The summed E-state index contributed by atoms with van der Waals surface area (Å²) in [4.78, 5) is 12.3. The summed E-state index contributed by atoms with van der Waals surface area (Å²) in [6.07, 6.45) is 0. The lowest BCUT2D eigenvalue weighted by atomic mass is 10.1. The molecule has 132 valence electrons. The van der Waals surface area contributed by atoms with Crippen LogP contribution in [0.3, 0.4) is 0 Å². The Bertz CT molecular complexity index is 1190. The number of benzene rings is 2. The molecule has 4 aromatic rings. The van der Waals surface area contributed by atoms with Gasteiger partial charge >= 0.3 is 0 Å². The molecule has 27 heavy (non-hydrogen) atoms. The molecule has 2 aromatic heterocycles. The van der Waals surface area contributed by atoms with Gasteiger partial charge in [-0.2, -0.15) is 5.26 Å². The highest BCUT2D eigenvalue weighted by Gasteiger charge is 2.13. The van der Waals surface area contributed by atoms with E-state index in [0.29, 0.717) is 16.4 Å². The number of nitriles is 1. The summed E-state index contributed by atoms with van der Waals surface area (Å²) in [6.45, 7) is 2.05. The summed E-state index contributed by atoms with van der Waals surface area (Å²) < 4.78 is 1.97. The van der Waals surface area contributed by atoms with Gasteiger partial charge in [-0.15, -0.1) is 10.2 Å². The number of nitrogens with one attached hydrogen (secondary N) is 1. The number of rotatable bonds is 4. The number of hydrogen-bond donors (Lipinski definition) is 1. The van der Waals surface area contributed by atoms with Crippen LogP contribution in [0.4, 0.5) is 5.69 Å². The fourth-order valence-corrected chi connectivity index (χ4v) is 3.68. The number of thioether (sulfide) groups is 1. The van der Waals surface area contributed by atoms with Crippen LogP contribution in [0, 0.1) is 18.3 Å². The lowest BCUT2D eigenvalue weighted by Crippen LogP contribution is -2.14. The number of hydrogen-bond acceptors (Lipinski definition) is 5. The van der Waals surface area contributed by atoms with Crippen molar-refractivity contribution in [2.45, 2.75) is 12.1 Å². The van der Waals surface area contributed by atoms with Gasteiger partial charge in [0, 0.05) is 11.1 Å². The summed E-state index contributed by atoms with van der Waals surface area (Å²) in [7, 11) is 0. The topological polar surface area (TPSA) is 83.1 Å². The monoisotopic (exact) mass is 373 g/mol. The molecule has 0 fully saturated rings. The Kier molecular flexibility index (Phi) is 4.48. The predicted molar refractivity (Wildman–Crippen MR) is 106 cm³/mol. The van der Waals surface area contributed by atoms with Crippen molar-refractivity contribution in [3.05, 3.63) is 65.7 Å². The van der Waals surface area contributed by atoms with Gasteiger partial charge in [-0.25, -0.2) is 0 Å². The molecular formula is C20H15N5OS. The van der Waals surface area contributed by atoms with E-state index in [0.717, 1.165) is 22.1 Å². The van der Waals surface area contributed by atoms with Gasteiger partial charge in [0.1, 0.15) is 0 Å². The molecule has 0 atom stereocenters. The van der Waals surface area contributed by atoms with Gasteiger partial charge < -0.3 is 5.32 Å². The molecule has 0 aliphatic rings. The summed E-state index contributed by atoms with van der Waals surface area (Å²) in [5, 5.41) is 21.9. The van der Waals surface area contributed by atoms with E-state index in [-0.39, 0.29) is 11.7 Å². The molecule has 0 bridgehead atoms. The number of anilines is 1. The summed E-state index contributed by atoms with van der Waals surface area (Å²) >= 11 is 1.34. The molecule has 0 aliphatic carbocycles. The number of pyridine rings is 1. The highest BCUT2D eigenvalue weighted by Crippen LogP contribution is 2.25. The maximum Gasteiger partial charge on any atom is 0.234 e. The van der Waals surface area contributed by atoms with Crippen LogP contribution < -0.4 is 5.32 Å². The lowest BCUT2D eigenvalue weighted by molar-refractivity contribution is -0.113. The van der Waals surface area contributed by atoms with E-state index < -0.39 is 0 Å². The van der Waals surface area contributed by atoms with Crippen molar-refractivity contribution in [2.75, 3.05) is 11.1 Å². The number of fused-ring (bicyclic) bond motifs is 3. The van der Waals surface area contributed by atoms with Gasteiger partial charge in [-0.3, -0.25) is 9.20 Å². The standard InChI is InChI=1S/C20H15N5OS/c1-13-10-18-23-24-20(25(18)17-5-3-2-4-16(13)17)27-12-19(26)22-15-8-6-14(11-21)7-9-15/h2-10H,12H2,1H3,(H,22,26). The molecule has 2 heterocycles. The number of carbonyl (C=O) groups excluding carboxylic acids is 1. The minimum absolute atomic E-state index is 0.141. The van der Waals surface area contributed by atoms with E-state index >= 15 is 0 Å². The minimum Gasteiger partial charge on any atom is -0.325 e. The molecule has 0 spiro atoms. The average molecular weight is 373 g/mol. The molecule has 0 radical (unpaired) electrons. The van der Waals surface area contributed by atoms with Gasteiger partial charge in [0.15, 0.2) is 10.8 Å². The first-order valence-corrected chi connectivity index (χ1v) is 9.30. The summed E-state index contributed by atoms with van der Waals surface area (Å²) in [5.41, 5.74) is 4.14. The van der Waals surface area contributed by atoms with Crippen LogP contribution in [0.5, 0.6) is 0 Å². The molecule has 4 rings (SSSR count). The summed E-state index contributed by atoms with van der Waals surface area (Å²) in [5.74, 6) is 0.0705. The Balaban J connectivity index is 1.54. The molecule has 1 N–H and O–H groups in total. The number of aromatic nitrogens is 3. The van der Waals surface area contributed by atoms with Crippen molar-refractivity contribution in [1.29, 1.82) is 5.26 Å². The lowest BCUT2D eigenvalue weighted by Gasteiger charge is -2.07. The highest BCUT2D eigenvalue weighted by molar-refractivity contribution is 7.99. The Morgan fingerprint density at radius 1 is 1.19 bits per heavy atom. The maximum absolute atomic E-state index is 12.3. The van der Waals surface area contributed by atoms with E-state index in [1.807, 2.05) is 28.7 Å². The minimum atomic E-state index is -0.141. The van der Waals surface area contributed by atoms with Gasteiger partial charge in [0.25, 0.3) is 0 Å². The first-order chi connectivity index (χ1) is 13.2. The molecule has 2 aromatic carbocycles. The smallest absolute Gasteiger partial charge is 0.234 e. The first kappa shape index (κ1) is 17.1. The molecule has 0 saturated carbocycles.